The molecule has 31 heavy (non-hydrogen) atoms. The van der Waals surface area contributed by atoms with Crippen molar-refractivity contribution >= 4 is 17.3 Å². The second-order valence-electron chi connectivity index (χ2n) is 6.96. The van der Waals surface area contributed by atoms with Gasteiger partial charge in [-0.2, -0.15) is 0 Å². The number of halogens is 1. The summed E-state index contributed by atoms with van der Waals surface area (Å²) in [5.74, 6) is -0.174. The van der Waals surface area contributed by atoms with E-state index in [0.29, 0.717) is 41.5 Å². The Balaban J connectivity index is 1.63. The van der Waals surface area contributed by atoms with Crippen molar-refractivity contribution in [2.75, 3.05) is 19.0 Å². The summed E-state index contributed by atoms with van der Waals surface area (Å²) in [6, 6.07) is 13.9. The van der Waals surface area contributed by atoms with Gasteiger partial charge in [-0.25, -0.2) is 4.39 Å². The number of amides is 1. The van der Waals surface area contributed by atoms with Crippen molar-refractivity contribution in [3.8, 4) is 28.8 Å². The van der Waals surface area contributed by atoms with Gasteiger partial charge in [0.2, 0.25) is 5.89 Å². The van der Waals surface area contributed by atoms with E-state index in [1.807, 2.05) is 30.3 Å². The molecule has 3 N–H and O–H groups in total. The minimum absolute atomic E-state index is 0.0371. The van der Waals surface area contributed by atoms with Crippen LogP contribution in [0.1, 0.15) is 16.1 Å². The molecule has 1 aliphatic heterocycles. The Hall–Kier alpha value is -4.14. The topological polar surface area (TPSA) is 105 Å². The molecule has 2 aromatic heterocycles. The molecule has 0 bridgehead atoms. The Morgan fingerprint density at radius 2 is 1.90 bits per heavy atom. The van der Waals surface area contributed by atoms with Gasteiger partial charge in [-0.05, 0) is 24.3 Å². The third-order valence-electron chi connectivity index (χ3n) is 5.06. The van der Waals surface area contributed by atoms with E-state index in [4.69, 9.17) is 9.15 Å². The number of anilines is 2. The van der Waals surface area contributed by atoms with Crippen LogP contribution >= 0.6 is 0 Å². The maximum absolute atomic E-state index is 14.2. The molecular weight excluding hydrogens is 401 g/mol. The van der Waals surface area contributed by atoms with Crippen LogP contribution in [-0.4, -0.2) is 34.7 Å². The van der Waals surface area contributed by atoms with Crippen LogP contribution in [0.2, 0.25) is 0 Å². The smallest absolute Gasteiger partial charge is 0.266 e. The molecule has 1 aliphatic rings. The van der Waals surface area contributed by atoms with E-state index in [1.54, 1.807) is 12.1 Å². The van der Waals surface area contributed by atoms with Gasteiger partial charge in [0.15, 0.2) is 11.6 Å². The van der Waals surface area contributed by atoms with E-state index < -0.39 is 5.82 Å². The van der Waals surface area contributed by atoms with E-state index in [-0.39, 0.29) is 17.5 Å². The number of para-hydroxylation sites is 1. The number of carbonyl (C=O) groups excluding carboxylic acids is 1. The van der Waals surface area contributed by atoms with Gasteiger partial charge in [-0.15, -0.1) is 10.2 Å². The van der Waals surface area contributed by atoms with E-state index in [2.05, 4.69) is 25.8 Å². The Morgan fingerprint density at radius 1 is 1.10 bits per heavy atom. The van der Waals surface area contributed by atoms with E-state index in [1.165, 1.54) is 13.2 Å². The number of rotatable bonds is 5. The average molecular weight is 419 g/mol. The third-order valence-corrected chi connectivity index (χ3v) is 5.06. The average Bonchev–Trinajstić information content (AvgIpc) is 3.41. The van der Waals surface area contributed by atoms with E-state index in [0.717, 1.165) is 11.3 Å². The minimum Gasteiger partial charge on any atom is -0.492 e. The fraction of sp³-hybridized carbons (Fsp3) is 0.136. The summed E-state index contributed by atoms with van der Waals surface area (Å²) in [7, 11) is 1.38. The molecule has 8 nitrogen and oxygen atoms in total. The highest BCUT2D eigenvalue weighted by Crippen LogP contribution is 2.39. The van der Waals surface area contributed by atoms with E-state index >= 15 is 0 Å². The summed E-state index contributed by atoms with van der Waals surface area (Å²) in [5.41, 5.74) is 3.16. The SMILES string of the molecule is COc1c(F)cccc1Nc1c(-c2nnc(-c3ccccc3)o2)[nH]c2c1C(=O)NCC2. The first kappa shape index (κ1) is 18.9. The molecule has 0 spiro atoms. The lowest BCUT2D eigenvalue weighted by molar-refractivity contribution is 0.0947. The van der Waals surface area contributed by atoms with Gasteiger partial charge in [0.05, 0.1) is 24.0 Å². The standard InChI is InChI=1S/C22H18FN5O3/c1-30-19-13(23)8-5-9-15(19)26-17-16-14(10-11-24-20(16)29)25-18(17)22-28-27-21(31-22)12-6-3-2-4-7-12/h2-9,25-26H,10-11H2,1H3,(H,24,29). The number of methoxy groups -OCH3 is 1. The van der Waals surface area contributed by atoms with Crippen molar-refractivity contribution in [3.63, 3.8) is 0 Å². The van der Waals surface area contributed by atoms with Crippen LogP contribution in [0.4, 0.5) is 15.8 Å². The zero-order valence-electron chi connectivity index (χ0n) is 16.5. The molecule has 0 saturated carbocycles. The first-order valence-electron chi connectivity index (χ1n) is 9.67. The van der Waals surface area contributed by atoms with Crippen molar-refractivity contribution in [1.29, 1.82) is 0 Å². The summed E-state index contributed by atoms with van der Waals surface area (Å²) < 4.78 is 25.3. The summed E-state index contributed by atoms with van der Waals surface area (Å²) in [6.45, 7) is 0.508. The molecule has 9 heteroatoms. The number of ether oxygens (including phenoxy) is 1. The van der Waals surface area contributed by atoms with Crippen LogP contribution in [0, 0.1) is 5.82 Å². The van der Waals surface area contributed by atoms with Gasteiger partial charge in [-0.1, -0.05) is 24.3 Å². The van der Waals surface area contributed by atoms with E-state index in [9.17, 15) is 9.18 Å². The lowest BCUT2D eigenvalue weighted by Crippen LogP contribution is -2.31. The number of H-pyrrole nitrogens is 1. The van der Waals surface area contributed by atoms with Crippen LogP contribution in [0.15, 0.2) is 52.9 Å². The summed E-state index contributed by atoms with van der Waals surface area (Å²) in [4.78, 5) is 15.9. The fourth-order valence-electron chi connectivity index (χ4n) is 3.64. The molecule has 0 atom stereocenters. The molecule has 2 aromatic carbocycles. The summed E-state index contributed by atoms with van der Waals surface area (Å²) in [5, 5.41) is 14.3. The van der Waals surface area contributed by atoms with Crippen molar-refractivity contribution in [1.82, 2.24) is 20.5 Å². The monoisotopic (exact) mass is 419 g/mol. The van der Waals surface area contributed by atoms with Gasteiger partial charge in [-0.3, -0.25) is 4.79 Å². The Morgan fingerprint density at radius 3 is 2.71 bits per heavy atom. The van der Waals surface area contributed by atoms with Crippen molar-refractivity contribution in [2.24, 2.45) is 0 Å². The zero-order valence-corrected chi connectivity index (χ0v) is 16.5. The highest BCUT2D eigenvalue weighted by atomic mass is 19.1. The lowest BCUT2D eigenvalue weighted by atomic mass is 10.1. The molecule has 4 aromatic rings. The van der Waals surface area contributed by atoms with Crippen LogP contribution < -0.4 is 15.4 Å². The highest BCUT2D eigenvalue weighted by molar-refractivity contribution is 6.05. The number of carbonyl (C=O) groups is 1. The second-order valence-corrected chi connectivity index (χ2v) is 6.96. The Bertz CT molecular complexity index is 1270. The maximum Gasteiger partial charge on any atom is 0.266 e. The molecule has 1 amide bonds. The highest BCUT2D eigenvalue weighted by Gasteiger charge is 2.30. The van der Waals surface area contributed by atoms with Crippen LogP contribution in [0.3, 0.4) is 0 Å². The molecule has 156 valence electrons. The molecule has 0 unspecified atom stereocenters. The van der Waals surface area contributed by atoms with Gasteiger partial charge >= 0.3 is 0 Å². The molecule has 0 fully saturated rings. The number of aromatic nitrogens is 3. The Labute approximate surface area is 176 Å². The summed E-state index contributed by atoms with van der Waals surface area (Å²) in [6.07, 6.45) is 0.607. The maximum atomic E-state index is 14.2. The molecule has 0 saturated heterocycles. The van der Waals surface area contributed by atoms with Crippen LogP contribution in [0.5, 0.6) is 5.75 Å². The quantitative estimate of drug-likeness (QED) is 0.453. The number of hydrogen-bond acceptors (Lipinski definition) is 6. The number of aromatic amines is 1. The van der Waals surface area contributed by atoms with Gasteiger partial charge in [0, 0.05) is 24.2 Å². The van der Waals surface area contributed by atoms with Gasteiger partial charge in [0.25, 0.3) is 11.8 Å². The van der Waals surface area contributed by atoms with Crippen molar-refractivity contribution in [2.45, 2.75) is 6.42 Å². The second kappa shape index (κ2) is 7.60. The number of nitrogens with zero attached hydrogens (tertiary/aromatic N) is 2. The predicted octanol–water partition coefficient (Wildman–Crippen LogP) is 3.91. The number of hydrogen-bond donors (Lipinski definition) is 3. The fourth-order valence-corrected chi connectivity index (χ4v) is 3.64. The minimum atomic E-state index is -0.521. The van der Waals surface area contributed by atoms with Crippen molar-refractivity contribution in [3.05, 3.63) is 65.6 Å². The van der Waals surface area contributed by atoms with Crippen LogP contribution in [0.25, 0.3) is 23.0 Å². The normalized spacial score (nSPS) is 12.9. The largest absolute Gasteiger partial charge is 0.492 e. The lowest BCUT2D eigenvalue weighted by Gasteiger charge is -2.16. The number of nitrogens with one attached hydrogen (secondary N) is 3. The first-order valence-corrected chi connectivity index (χ1v) is 9.67. The van der Waals surface area contributed by atoms with Gasteiger partial charge in [0.1, 0.15) is 5.69 Å². The Kier molecular flexibility index (Phi) is 4.62. The van der Waals surface area contributed by atoms with Crippen molar-refractivity contribution < 1.29 is 18.3 Å². The van der Waals surface area contributed by atoms with Gasteiger partial charge < -0.3 is 24.8 Å². The number of benzene rings is 2. The molecule has 5 rings (SSSR count). The molecule has 0 aliphatic carbocycles. The molecule has 0 radical (unpaired) electrons. The van der Waals surface area contributed by atoms with Crippen LogP contribution in [-0.2, 0) is 6.42 Å². The zero-order chi connectivity index (χ0) is 21.4. The first-order chi connectivity index (χ1) is 15.2. The molecular formula is C22H18FN5O3. The summed E-state index contributed by atoms with van der Waals surface area (Å²) >= 11 is 0. The number of fused-ring (bicyclic) bond motifs is 1. The third kappa shape index (κ3) is 3.29. The predicted molar refractivity (Wildman–Crippen MR) is 112 cm³/mol. The molecule has 3 heterocycles.